The van der Waals surface area contributed by atoms with Crippen molar-refractivity contribution in [3.8, 4) is 0 Å². The number of carboxylic acid groups (broad SMARTS) is 1. The Labute approximate surface area is 145 Å². The maximum atomic E-state index is 10.8. The molecule has 0 heterocycles. The summed E-state index contributed by atoms with van der Waals surface area (Å²) in [6.45, 7) is 10.5. The lowest BCUT2D eigenvalue weighted by atomic mass is 9.46. The average molecular weight is 336 g/mol. The fourth-order valence-electron chi connectivity index (χ4n) is 5.39. The second-order valence-electron chi connectivity index (χ2n) is 8.39. The minimum atomic E-state index is -0.896. The molecule has 0 aromatic rings. The maximum absolute atomic E-state index is 10.8. The third-order valence-corrected chi connectivity index (χ3v) is 6.89. The van der Waals surface area contributed by atoms with E-state index in [0.29, 0.717) is 12.3 Å². The van der Waals surface area contributed by atoms with E-state index in [1.165, 1.54) is 11.6 Å². The van der Waals surface area contributed by atoms with Crippen LogP contribution in [0.1, 0.15) is 59.3 Å². The van der Waals surface area contributed by atoms with E-state index < -0.39 is 17.5 Å². The Morgan fingerprint density at radius 1 is 1.38 bits per heavy atom. The fourth-order valence-corrected chi connectivity index (χ4v) is 5.39. The Hall–Kier alpha value is -1.13. The van der Waals surface area contributed by atoms with E-state index in [4.69, 9.17) is 5.11 Å². The molecule has 0 aromatic heterocycles. The molecule has 2 rings (SSSR count). The molecule has 0 radical (unpaired) electrons. The van der Waals surface area contributed by atoms with Crippen LogP contribution in [-0.2, 0) is 4.79 Å². The second kappa shape index (κ2) is 7.01. The predicted molar refractivity (Wildman–Crippen MR) is 94.5 cm³/mol. The lowest BCUT2D eigenvalue weighted by Crippen LogP contribution is -2.57. The van der Waals surface area contributed by atoms with Gasteiger partial charge in [0, 0.05) is 11.5 Å². The first-order chi connectivity index (χ1) is 11.1. The monoisotopic (exact) mass is 336 g/mol. The van der Waals surface area contributed by atoms with E-state index in [1.807, 2.05) is 13.8 Å². The highest BCUT2D eigenvalue weighted by Gasteiger charge is 2.57. The molecule has 136 valence electrons. The molecule has 4 nitrogen and oxygen atoms in total. The summed E-state index contributed by atoms with van der Waals surface area (Å²) < 4.78 is 0. The molecule has 2 fully saturated rings. The van der Waals surface area contributed by atoms with Crippen molar-refractivity contribution in [2.75, 3.05) is 6.61 Å². The molecule has 0 bridgehead atoms. The quantitative estimate of drug-likeness (QED) is 0.530. The summed E-state index contributed by atoms with van der Waals surface area (Å²) in [5.41, 5.74) is 1.67. The lowest BCUT2D eigenvalue weighted by Gasteiger charge is -2.60. The fraction of sp³-hybridized carbons (Fsp3) is 0.750. The number of hydrogen-bond acceptors (Lipinski definition) is 3. The van der Waals surface area contributed by atoms with Crippen LogP contribution in [0.2, 0.25) is 0 Å². The van der Waals surface area contributed by atoms with Gasteiger partial charge in [0.25, 0.3) is 0 Å². The maximum Gasteiger partial charge on any atom is 0.328 e. The first-order valence-corrected chi connectivity index (χ1v) is 9.02. The van der Waals surface area contributed by atoms with Gasteiger partial charge in [0.15, 0.2) is 0 Å². The van der Waals surface area contributed by atoms with E-state index in [1.54, 1.807) is 0 Å². The number of rotatable bonds is 5. The third kappa shape index (κ3) is 3.31. The van der Waals surface area contributed by atoms with Gasteiger partial charge in [-0.25, -0.2) is 4.79 Å². The zero-order valence-corrected chi connectivity index (χ0v) is 15.2. The molecule has 2 aliphatic carbocycles. The van der Waals surface area contributed by atoms with Crippen molar-refractivity contribution in [1.82, 2.24) is 0 Å². The summed E-state index contributed by atoms with van der Waals surface area (Å²) in [6, 6.07) is 0. The summed E-state index contributed by atoms with van der Waals surface area (Å²) in [4.78, 5) is 10.8. The number of carbonyl (C=O) groups is 1. The van der Waals surface area contributed by atoms with Gasteiger partial charge in [-0.15, -0.1) is 0 Å². The molecule has 0 amide bonds. The smallest absolute Gasteiger partial charge is 0.328 e. The molecule has 0 saturated heterocycles. The van der Waals surface area contributed by atoms with Gasteiger partial charge >= 0.3 is 5.97 Å². The molecular formula is C20H32O4. The Bertz CT molecular complexity index is 538. The highest BCUT2D eigenvalue weighted by molar-refractivity contribution is 5.80. The van der Waals surface area contributed by atoms with Crippen LogP contribution in [0.3, 0.4) is 0 Å². The van der Waals surface area contributed by atoms with E-state index in [9.17, 15) is 15.0 Å². The molecule has 2 saturated carbocycles. The van der Waals surface area contributed by atoms with Gasteiger partial charge in [0.05, 0.1) is 12.7 Å². The van der Waals surface area contributed by atoms with Crippen molar-refractivity contribution in [2.24, 2.45) is 22.7 Å². The van der Waals surface area contributed by atoms with Crippen LogP contribution in [-0.4, -0.2) is 34.0 Å². The first kappa shape index (κ1) is 19.2. The Morgan fingerprint density at radius 3 is 2.62 bits per heavy atom. The van der Waals surface area contributed by atoms with E-state index in [0.717, 1.165) is 37.7 Å². The molecule has 3 N–H and O–H groups in total. The third-order valence-electron chi connectivity index (χ3n) is 6.89. The average Bonchev–Trinajstić information content (AvgIpc) is 2.50. The summed E-state index contributed by atoms with van der Waals surface area (Å²) in [7, 11) is 0. The van der Waals surface area contributed by atoms with Gasteiger partial charge < -0.3 is 15.3 Å². The molecule has 0 spiro atoms. The number of aliphatic carboxylic acids is 1. The molecule has 24 heavy (non-hydrogen) atoms. The molecule has 5 atom stereocenters. The molecule has 0 aliphatic heterocycles. The van der Waals surface area contributed by atoms with E-state index >= 15 is 0 Å². The van der Waals surface area contributed by atoms with Crippen LogP contribution < -0.4 is 0 Å². The van der Waals surface area contributed by atoms with Crippen LogP contribution in [0.5, 0.6) is 0 Å². The van der Waals surface area contributed by atoms with Crippen molar-refractivity contribution >= 4 is 5.97 Å². The van der Waals surface area contributed by atoms with Crippen LogP contribution in [0, 0.1) is 22.7 Å². The first-order valence-electron chi connectivity index (χ1n) is 9.02. The number of aliphatic hydroxyl groups excluding tert-OH is 2. The van der Waals surface area contributed by atoms with E-state index in [2.05, 4.69) is 13.5 Å². The summed E-state index contributed by atoms with van der Waals surface area (Å²) >= 11 is 0. The highest BCUT2D eigenvalue weighted by Crippen LogP contribution is 2.61. The van der Waals surface area contributed by atoms with Gasteiger partial charge in [-0.05, 0) is 62.7 Å². The molecule has 0 aromatic carbocycles. The minimum absolute atomic E-state index is 0.00552. The van der Waals surface area contributed by atoms with Gasteiger partial charge in [-0.2, -0.15) is 0 Å². The largest absolute Gasteiger partial charge is 0.478 e. The zero-order valence-electron chi connectivity index (χ0n) is 15.2. The zero-order chi connectivity index (χ0) is 18.1. The standard InChI is InChI=1S/C20H32O4/c1-13(11-18(23)24)5-7-15-14(2)6-8-16-19(15,3)10-9-17(22)20(16,4)12-21/h11,15-17,21-22H,2,5-10,12H2,1,3-4H3,(H,23,24)/b13-11+/t15-,16+,17-,19+,20-/m1/s1. The predicted octanol–water partition coefficient (Wildman–Crippen LogP) is 3.54. The van der Waals surface area contributed by atoms with Crippen molar-refractivity contribution in [3.05, 3.63) is 23.8 Å². The van der Waals surface area contributed by atoms with Crippen LogP contribution in [0.15, 0.2) is 23.8 Å². The number of fused-ring (bicyclic) bond motifs is 1. The topological polar surface area (TPSA) is 77.8 Å². The second-order valence-corrected chi connectivity index (χ2v) is 8.39. The van der Waals surface area contributed by atoms with Gasteiger partial charge in [0.2, 0.25) is 0 Å². The number of allylic oxidation sites excluding steroid dienone is 2. The van der Waals surface area contributed by atoms with Crippen molar-refractivity contribution < 1.29 is 20.1 Å². The van der Waals surface area contributed by atoms with Crippen molar-refractivity contribution in [1.29, 1.82) is 0 Å². The molecule has 0 unspecified atom stereocenters. The molecule has 2 aliphatic rings. The SMILES string of the molecule is C=C1CC[C@@H]2[C@@](C)(CO)[C@H](O)CC[C@@]2(C)[C@@H]1CC/C(C)=C/C(=O)O. The summed E-state index contributed by atoms with van der Waals surface area (Å²) in [6.07, 6.45) is 5.99. The normalized spacial score (nSPS) is 40.3. The van der Waals surface area contributed by atoms with Gasteiger partial charge in [-0.1, -0.05) is 31.6 Å². The van der Waals surface area contributed by atoms with Crippen LogP contribution in [0.4, 0.5) is 0 Å². The Kier molecular flexibility index (Phi) is 5.61. The van der Waals surface area contributed by atoms with Gasteiger partial charge in [0.1, 0.15) is 0 Å². The molecule has 4 heteroatoms. The highest BCUT2D eigenvalue weighted by atomic mass is 16.4. The number of carboxylic acids is 1. The Morgan fingerprint density at radius 2 is 2.04 bits per heavy atom. The number of hydrogen-bond donors (Lipinski definition) is 3. The van der Waals surface area contributed by atoms with Crippen molar-refractivity contribution in [2.45, 2.75) is 65.4 Å². The number of aliphatic hydroxyl groups is 2. The summed E-state index contributed by atoms with van der Waals surface area (Å²) in [5, 5.41) is 29.4. The Balaban J connectivity index is 2.24. The van der Waals surface area contributed by atoms with Crippen molar-refractivity contribution in [3.63, 3.8) is 0 Å². The van der Waals surface area contributed by atoms with Crippen LogP contribution >= 0.6 is 0 Å². The lowest BCUT2D eigenvalue weighted by molar-refractivity contribution is -0.152. The summed E-state index contributed by atoms with van der Waals surface area (Å²) in [5.74, 6) is -0.322. The minimum Gasteiger partial charge on any atom is -0.478 e. The van der Waals surface area contributed by atoms with E-state index in [-0.39, 0.29) is 17.9 Å². The molecular weight excluding hydrogens is 304 g/mol. The van der Waals surface area contributed by atoms with Crippen LogP contribution in [0.25, 0.3) is 0 Å². The van der Waals surface area contributed by atoms with Gasteiger partial charge in [-0.3, -0.25) is 0 Å².